The molecule has 678 valence electrons. The highest BCUT2D eigenvalue weighted by atomic mass is 31.2. The molecular weight excluding hydrogens is 1710 g/mol. The van der Waals surface area contributed by atoms with Crippen LogP contribution in [0.25, 0.3) is 22.3 Å². The molecule has 11 aromatic carbocycles. The van der Waals surface area contributed by atoms with E-state index in [-0.39, 0.29) is 96.8 Å². The molecule has 0 saturated heterocycles. The topological polar surface area (TPSA) is 371 Å². The molecule has 0 radical (unpaired) electrons. The van der Waals surface area contributed by atoms with Crippen molar-refractivity contribution < 1.29 is 126 Å². The summed E-state index contributed by atoms with van der Waals surface area (Å²) in [5.41, 5.74) is 18.9. The van der Waals surface area contributed by atoms with Crippen molar-refractivity contribution in [3.8, 4) is 74.0 Å². The molecule has 4 N–H and O–H groups in total. The van der Waals surface area contributed by atoms with Gasteiger partial charge in [-0.1, -0.05) is 194 Å². The maximum Gasteiger partial charge on any atom is 0.513 e. The fraction of sp³-hybridized carbons (Fsp3) is 0.277. The zero-order valence-corrected chi connectivity index (χ0v) is 74.7. The summed E-state index contributed by atoms with van der Waals surface area (Å²) >= 11 is 0. The van der Waals surface area contributed by atoms with E-state index in [1.165, 1.54) is 24.3 Å². The number of aliphatic hydroxyl groups excluding tert-OH is 1. The van der Waals surface area contributed by atoms with Crippen molar-refractivity contribution in [3.05, 3.63) is 321 Å². The molecule has 0 aliphatic heterocycles. The molecule has 0 fully saturated rings. The lowest BCUT2D eigenvalue weighted by molar-refractivity contribution is -0.384. The molecular formula is C94H104N3O28P3. The van der Waals surface area contributed by atoms with Crippen molar-refractivity contribution in [3.63, 3.8) is 0 Å². The predicted octanol–water partition coefficient (Wildman–Crippen LogP) is 20.2. The van der Waals surface area contributed by atoms with Gasteiger partial charge in [-0.25, -0.2) is 23.3 Å². The number of aryl methyl sites for hydroxylation is 2. The lowest BCUT2D eigenvalue weighted by Gasteiger charge is -2.22. The van der Waals surface area contributed by atoms with Crippen molar-refractivity contribution in [2.24, 2.45) is 5.73 Å². The standard InChI is InChI=1S/C36H40NO10P.C23H22NO9P.C19H23NO4.C16H19O5P/c1-40-28-16-17-29-30(22-28)31(18-15-27-21-32(41-2)34(42-3)35(43-4)33(27)29)37-36(38)44-19-20-45-48(39,46-23-25-11-7-5-8-12-25)47-24-26-13-9-6-10-14-26;25-23(33-22-13-11-21(12-14-22)24(26)27)29-15-16-30-34(28,31-17-19-7-3-1-4-8-19)32-18-20-9-5-2-6-10-20;1-21-12-6-7-13-14(10-12)15(20)8-5-11-9-16(22-2)18(23-3)19(24-4)17(11)13;17-11-12-19-22(18,20-13-15-7-3-1-4-8-15)21-14-16-9-5-2-6-10-16/h5-14,16-17,21-22,31H,15,18-20,23-24H2,1-4H3,(H,37,38);1-14H,15-18H2;6-7,9-10,15H,5,8,20H2,1-4H3;1-10,17H,11-14H2/t31-;;15-;/m0.0./s1. The second kappa shape index (κ2) is 50.5. The number of hydrogen-bond acceptors (Lipinski definition) is 29. The van der Waals surface area contributed by atoms with Crippen LogP contribution in [0.2, 0.25) is 0 Å². The van der Waals surface area contributed by atoms with Crippen molar-refractivity contribution in [1.29, 1.82) is 0 Å². The van der Waals surface area contributed by atoms with Crippen molar-refractivity contribution >= 4 is 41.4 Å². The van der Waals surface area contributed by atoms with E-state index in [1.807, 2.05) is 206 Å². The molecule has 0 saturated carbocycles. The van der Waals surface area contributed by atoms with Gasteiger partial charge in [-0.2, -0.15) is 0 Å². The SMILES string of the molecule is COc1ccc2c(c1)[C@@H](N)CCc1cc(OC)c(OC)c(OC)c1-2.COc1ccc2c(c1)[C@@H](NC(=O)OCCOP(=O)(OCc1ccccc1)OCc1ccccc1)CCc1cc(OC)c(OC)c(OC)c1-2.O=C(OCCOP(=O)(OCc1ccccc1)OCc1ccccc1)Oc1ccc([N+](=O)[O-])cc1.O=P(OCCO)(OCc1ccccc1)OCc1ccccc1. The van der Waals surface area contributed by atoms with Crippen molar-refractivity contribution in [2.45, 2.75) is 77.4 Å². The normalized spacial score (nSPS) is 13.0. The molecule has 2 atom stereocenters. The molecule has 0 heterocycles. The Labute approximate surface area is 743 Å². The number of ether oxygens (including phenoxy) is 11. The first-order valence-corrected chi connectivity index (χ1v) is 44.8. The van der Waals surface area contributed by atoms with Gasteiger partial charge < -0.3 is 68.3 Å². The third-order valence-corrected chi connectivity index (χ3v) is 23.6. The second-order valence-corrected chi connectivity index (χ2v) is 32.9. The molecule has 128 heavy (non-hydrogen) atoms. The summed E-state index contributed by atoms with van der Waals surface area (Å²) in [6.45, 7) is -1.11. The number of carbonyl (C=O) groups is 2. The minimum Gasteiger partial charge on any atom is -0.497 e. The predicted molar refractivity (Wildman–Crippen MR) is 477 cm³/mol. The summed E-state index contributed by atoms with van der Waals surface area (Å²) < 4.78 is 148. The number of nitro benzene ring substituents is 1. The van der Waals surface area contributed by atoms with Gasteiger partial charge in [-0.3, -0.25) is 50.8 Å². The number of amides is 1. The van der Waals surface area contributed by atoms with Gasteiger partial charge >= 0.3 is 35.7 Å². The Bertz CT molecular complexity index is 5320. The van der Waals surface area contributed by atoms with E-state index in [2.05, 4.69) is 5.32 Å². The largest absolute Gasteiger partial charge is 0.513 e. The molecule has 0 spiro atoms. The van der Waals surface area contributed by atoms with Gasteiger partial charge in [0.15, 0.2) is 23.0 Å². The molecule has 2 aliphatic carbocycles. The van der Waals surface area contributed by atoms with Gasteiger partial charge in [-0.15, -0.1) is 0 Å². The maximum absolute atomic E-state index is 13.5. The number of hydrogen-bond donors (Lipinski definition) is 3. The fourth-order valence-corrected chi connectivity index (χ4v) is 16.6. The number of carbonyl (C=O) groups excluding carboxylic acids is 2. The van der Waals surface area contributed by atoms with Gasteiger partial charge in [-0.05, 0) is 141 Å². The van der Waals surface area contributed by atoms with E-state index in [0.717, 1.165) is 96.5 Å². The number of aliphatic hydroxyl groups is 1. The summed E-state index contributed by atoms with van der Waals surface area (Å²) in [6.07, 6.45) is 1.10. The zero-order chi connectivity index (χ0) is 91.1. The zero-order valence-electron chi connectivity index (χ0n) is 72.1. The molecule has 2 aliphatic rings. The number of nitrogens with two attached hydrogens (primary N) is 1. The van der Waals surface area contributed by atoms with Crippen LogP contribution in [0.5, 0.6) is 51.7 Å². The minimum atomic E-state index is -4.02. The Morgan fingerprint density at radius 1 is 0.391 bits per heavy atom. The Morgan fingerprint density at radius 3 is 1.07 bits per heavy atom. The van der Waals surface area contributed by atoms with Crippen LogP contribution < -0.4 is 53.7 Å². The van der Waals surface area contributed by atoms with E-state index in [1.54, 1.807) is 81.1 Å². The Kier molecular flexibility index (Phi) is 38.8. The molecule has 0 unspecified atom stereocenters. The molecule has 11 aromatic rings. The Balaban J connectivity index is 0.000000187. The third kappa shape index (κ3) is 29.3. The number of benzene rings is 11. The van der Waals surface area contributed by atoms with Gasteiger partial charge in [0.25, 0.3) is 5.69 Å². The molecule has 0 bridgehead atoms. The molecule has 0 aromatic heterocycles. The number of fused-ring (bicyclic) bond motifs is 6. The average molecular weight is 1820 g/mol. The highest BCUT2D eigenvalue weighted by molar-refractivity contribution is 7.49. The first-order valence-electron chi connectivity index (χ1n) is 40.4. The van der Waals surface area contributed by atoms with E-state index in [9.17, 15) is 33.4 Å². The summed E-state index contributed by atoms with van der Waals surface area (Å²) in [5, 5.41) is 22.5. The first-order chi connectivity index (χ1) is 62.2. The van der Waals surface area contributed by atoms with Gasteiger partial charge in [0.1, 0.15) is 30.5 Å². The molecule has 31 nitrogen and oxygen atoms in total. The van der Waals surface area contributed by atoms with Crippen molar-refractivity contribution in [1.82, 2.24) is 5.32 Å². The number of nitrogens with zero attached hydrogens (tertiary/aromatic N) is 1. The second-order valence-electron chi connectivity index (χ2n) is 27.9. The van der Waals surface area contributed by atoms with Gasteiger partial charge in [0.05, 0.1) is 134 Å². The van der Waals surface area contributed by atoms with Crippen LogP contribution in [0, 0.1) is 10.1 Å². The van der Waals surface area contributed by atoms with Crippen molar-refractivity contribution in [2.75, 3.05) is 96.5 Å². The van der Waals surface area contributed by atoms with Crippen LogP contribution >= 0.6 is 23.5 Å². The van der Waals surface area contributed by atoms with Crippen LogP contribution in [-0.2, 0) is 116 Å². The number of phosphoric acid groups is 3. The van der Waals surface area contributed by atoms with E-state index >= 15 is 0 Å². The number of methoxy groups -OCH3 is 8. The monoisotopic (exact) mass is 1820 g/mol. The number of alkyl carbamates (subject to hydrolysis) is 1. The molecule has 1 amide bonds. The smallest absolute Gasteiger partial charge is 0.497 e. The number of rotatable bonds is 40. The number of phosphoric ester groups is 3. The summed E-state index contributed by atoms with van der Waals surface area (Å²) in [5.74, 6) is 4.99. The summed E-state index contributed by atoms with van der Waals surface area (Å²) in [7, 11) is 1.12. The lowest BCUT2D eigenvalue weighted by atomic mass is 9.93. The Hall–Kier alpha value is -12.0. The molecule has 13 rings (SSSR count). The highest BCUT2D eigenvalue weighted by Crippen LogP contribution is 2.56. The van der Waals surface area contributed by atoms with E-state index in [0.29, 0.717) is 53.1 Å². The average Bonchev–Trinajstić information content (AvgIpc) is 1.55. The van der Waals surface area contributed by atoms with E-state index in [4.69, 9.17) is 104 Å². The first kappa shape index (κ1) is 98.2. The number of nitro groups is 1. The maximum atomic E-state index is 13.5. The van der Waals surface area contributed by atoms with Gasteiger partial charge in [0, 0.05) is 29.3 Å². The summed E-state index contributed by atoms with van der Waals surface area (Å²) in [4.78, 5) is 35.0. The Morgan fingerprint density at radius 2 is 0.727 bits per heavy atom. The third-order valence-electron chi connectivity index (χ3n) is 19.5. The van der Waals surface area contributed by atoms with Crippen LogP contribution in [0.15, 0.2) is 255 Å². The molecule has 34 heteroatoms. The lowest BCUT2D eigenvalue weighted by Crippen LogP contribution is -2.30. The van der Waals surface area contributed by atoms with Crippen LogP contribution in [0.1, 0.15) is 80.6 Å². The number of nitrogens with one attached hydrogen (secondary N) is 1. The van der Waals surface area contributed by atoms with Crippen LogP contribution in [0.4, 0.5) is 15.3 Å². The van der Waals surface area contributed by atoms with Gasteiger partial charge in [0.2, 0.25) is 11.5 Å². The van der Waals surface area contributed by atoms with Crippen LogP contribution in [-0.4, -0.2) is 119 Å². The number of non-ortho nitro benzene ring substituents is 1. The van der Waals surface area contributed by atoms with Crippen LogP contribution in [0.3, 0.4) is 0 Å². The quantitative estimate of drug-likeness (QED) is 0.00802. The summed E-state index contributed by atoms with van der Waals surface area (Å²) in [6, 6.07) is 75.4. The minimum absolute atomic E-state index is 0.00402. The fourth-order valence-electron chi connectivity index (χ4n) is 13.2. The highest BCUT2D eigenvalue weighted by Gasteiger charge is 2.35. The van der Waals surface area contributed by atoms with E-state index < -0.39 is 46.7 Å².